The first kappa shape index (κ1) is 32.6. The van der Waals surface area contributed by atoms with Gasteiger partial charge in [0.05, 0.1) is 6.54 Å². The molecule has 0 unspecified atom stereocenters. The van der Waals surface area contributed by atoms with Crippen LogP contribution in [0.3, 0.4) is 0 Å². The van der Waals surface area contributed by atoms with Crippen LogP contribution in [0.4, 0.5) is 0 Å². The second kappa shape index (κ2) is 14.8. The van der Waals surface area contributed by atoms with E-state index in [1.54, 1.807) is 39.0 Å². The summed E-state index contributed by atoms with van der Waals surface area (Å²) in [5.74, 6) is -2.54. The van der Waals surface area contributed by atoms with Gasteiger partial charge in [0.2, 0.25) is 23.6 Å². The van der Waals surface area contributed by atoms with Gasteiger partial charge in [-0.1, -0.05) is 55.8 Å². The van der Waals surface area contributed by atoms with Crippen LogP contribution in [-0.2, 0) is 25.6 Å². The molecule has 3 rings (SSSR count). The Morgan fingerprint density at radius 3 is 2.36 bits per heavy atom. The fourth-order valence-corrected chi connectivity index (χ4v) is 5.13. The Labute approximate surface area is 252 Å². The smallest absolute Gasteiger partial charge is 0.254 e. The molecule has 0 radical (unpaired) electrons. The van der Waals surface area contributed by atoms with E-state index < -0.39 is 41.8 Å². The van der Waals surface area contributed by atoms with Crippen molar-refractivity contribution in [3.8, 4) is 0 Å². The minimum Gasteiger partial charge on any atom is -0.354 e. The molecule has 1 aliphatic rings. The molecule has 226 valence electrons. The maximum atomic E-state index is 13.7. The van der Waals surface area contributed by atoms with Crippen molar-refractivity contribution in [3.63, 3.8) is 0 Å². The van der Waals surface area contributed by atoms with E-state index in [0.717, 1.165) is 11.1 Å². The first-order chi connectivity index (χ1) is 19.9. The molecule has 1 saturated heterocycles. The molecule has 2 aromatic rings. The molecule has 11 heteroatoms. The maximum absolute atomic E-state index is 13.7. The molecule has 2 aromatic carbocycles. The largest absolute Gasteiger partial charge is 0.354 e. The average Bonchev–Trinajstić information content (AvgIpc) is 2.93. The lowest BCUT2D eigenvalue weighted by Gasteiger charge is -2.32. The molecule has 1 heterocycles. The molecular formula is C31H40ClN5O5. The van der Waals surface area contributed by atoms with E-state index in [1.807, 2.05) is 37.3 Å². The normalized spacial score (nSPS) is 21.5. The predicted molar refractivity (Wildman–Crippen MR) is 161 cm³/mol. The Balaban J connectivity index is 1.93. The number of halogens is 1. The Kier molecular flexibility index (Phi) is 11.5. The van der Waals surface area contributed by atoms with Crippen LogP contribution in [0.25, 0.3) is 0 Å². The van der Waals surface area contributed by atoms with Crippen molar-refractivity contribution in [1.29, 1.82) is 0 Å². The summed E-state index contributed by atoms with van der Waals surface area (Å²) in [6, 6.07) is 11.6. The number of hydrogen-bond acceptors (Lipinski definition) is 5. The van der Waals surface area contributed by atoms with Gasteiger partial charge in [-0.3, -0.25) is 24.0 Å². The van der Waals surface area contributed by atoms with Crippen LogP contribution >= 0.6 is 11.6 Å². The van der Waals surface area contributed by atoms with Crippen molar-refractivity contribution in [3.05, 3.63) is 70.2 Å². The van der Waals surface area contributed by atoms with Crippen LogP contribution in [0, 0.1) is 12.8 Å². The van der Waals surface area contributed by atoms with Crippen molar-refractivity contribution in [2.75, 3.05) is 26.7 Å². The van der Waals surface area contributed by atoms with Crippen LogP contribution < -0.4 is 16.0 Å². The summed E-state index contributed by atoms with van der Waals surface area (Å²) in [7, 11) is 1.47. The van der Waals surface area contributed by atoms with Crippen molar-refractivity contribution < 1.29 is 24.0 Å². The van der Waals surface area contributed by atoms with Crippen LogP contribution in [-0.4, -0.2) is 84.1 Å². The van der Waals surface area contributed by atoms with Crippen molar-refractivity contribution in [2.24, 2.45) is 5.92 Å². The summed E-state index contributed by atoms with van der Waals surface area (Å²) in [4.78, 5) is 69.3. The van der Waals surface area contributed by atoms with E-state index in [4.69, 9.17) is 11.6 Å². The highest BCUT2D eigenvalue weighted by molar-refractivity contribution is 6.31. The number of nitrogens with zero attached hydrogens (tertiary/aromatic N) is 2. The summed E-state index contributed by atoms with van der Waals surface area (Å²) in [6.45, 7) is 7.05. The number of amides is 5. The molecule has 0 aliphatic carbocycles. The molecule has 42 heavy (non-hydrogen) atoms. The third-order valence-corrected chi connectivity index (χ3v) is 7.41. The topological polar surface area (TPSA) is 128 Å². The van der Waals surface area contributed by atoms with Gasteiger partial charge in [-0.25, -0.2) is 0 Å². The number of likely N-dealkylation sites (N-methyl/N-ethyl adjacent to an activating group) is 1. The second-order valence-electron chi connectivity index (χ2n) is 11.1. The Hall–Kier alpha value is -3.92. The molecule has 0 saturated carbocycles. The fraction of sp³-hybridized carbons (Fsp3) is 0.452. The quantitative estimate of drug-likeness (QED) is 0.498. The minimum atomic E-state index is -0.936. The van der Waals surface area contributed by atoms with Gasteiger partial charge in [0.15, 0.2) is 0 Å². The number of nitrogens with one attached hydrogen (secondary N) is 3. The third-order valence-electron chi connectivity index (χ3n) is 7.19. The zero-order valence-electron chi connectivity index (χ0n) is 24.8. The first-order valence-electron chi connectivity index (χ1n) is 14.1. The van der Waals surface area contributed by atoms with Gasteiger partial charge in [-0.15, -0.1) is 0 Å². The van der Waals surface area contributed by atoms with E-state index in [1.165, 1.54) is 16.8 Å². The lowest BCUT2D eigenvalue weighted by Crippen LogP contribution is -2.57. The fourth-order valence-electron chi connectivity index (χ4n) is 4.84. The van der Waals surface area contributed by atoms with Gasteiger partial charge in [0, 0.05) is 37.1 Å². The lowest BCUT2D eigenvalue weighted by molar-refractivity contribution is -0.140. The zero-order chi connectivity index (χ0) is 31.0. The highest BCUT2D eigenvalue weighted by atomic mass is 35.5. The van der Waals surface area contributed by atoms with Gasteiger partial charge in [0.1, 0.15) is 18.1 Å². The number of carbonyl (C=O) groups is 5. The van der Waals surface area contributed by atoms with E-state index in [0.29, 0.717) is 17.0 Å². The molecule has 3 atom stereocenters. The number of benzene rings is 2. The Morgan fingerprint density at radius 2 is 1.71 bits per heavy atom. The summed E-state index contributed by atoms with van der Waals surface area (Å²) in [5, 5.41) is 8.80. The van der Waals surface area contributed by atoms with Crippen molar-refractivity contribution in [1.82, 2.24) is 25.8 Å². The summed E-state index contributed by atoms with van der Waals surface area (Å²) >= 11 is 6.22. The third kappa shape index (κ3) is 8.79. The van der Waals surface area contributed by atoms with Crippen molar-refractivity contribution in [2.45, 2.75) is 58.7 Å². The van der Waals surface area contributed by atoms with Gasteiger partial charge in [-0.2, -0.15) is 0 Å². The summed E-state index contributed by atoms with van der Waals surface area (Å²) < 4.78 is 0. The monoisotopic (exact) mass is 597 g/mol. The highest BCUT2D eigenvalue weighted by Gasteiger charge is 2.33. The van der Waals surface area contributed by atoms with E-state index in [-0.39, 0.29) is 37.9 Å². The molecule has 1 fully saturated rings. The molecule has 0 bridgehead atoms. The standard InChI is InChI=1S/C31H40ClN5O5/c1-19(2)27-31(42)36(5)18-26(38)34-25(16-22-10-7-6-8-11-22)29(40)33-12-9-13-37(21(4)28(39)35-27)30(41)23-14-20(3)15-24(32)17-23/h6-8,10-11,14-15,17,19,21,25,27H,9,12-13,16,18H2,1-5H3,(H,33,40)(H,34,38)(H,35,39)/t21-,25+,27+/m1/s1. The SMILES string of the molecule is Cc1cc(Cl)cc(C(=O)N2CCCNC(=O)[C@H](Cc3ccccc3)NC(=O)CN(C)C(=O)[C@H](C(C)C)NC(=O)[C@H]2C)c1. The number of hydrogen-bond donors (Lipinski definition) is 3. The predicted octanol–water partition coefficient (Wildman–Crippen LogP) is 2.33. The second-order valence-corrected chi connectivity index (χ2v) is 11.5. The van der Waals surface area contributed by atoms with E-state index in [2.05, 4.69) is 16.0 Å². The maximum Gasteiger partial charge on any atom is 0.254 e. The number of carbonyl (C=O) groups excluding carboxylic acids is 5. The minimum absolute atomic E-state index is 0.148. The average molecular weight is 598 g/mol. The summed E-state index contributed by atoms with van der Waals surface area (Å²) in [5.41, 5.74) is 1.99. The molecule has 1 aliphatic heterocycles. The molecule has 3 N–H and O–H groups in total. The van der Waals surface area contributed by atoms with Crippen LogP contribution in [0.1, 0.15) is 48.7 Å². The highest BCUT2D eigenvalue weighted by Crippen LogP contribution is 2.18. The molecular weight excluding hydrogens is 558 g/mol. The van der Waals surface area contributed by atoms with Crippen molar-refractivity contribution >= 4 is 41.1 Å². The van der Waals surface area contributed by atoms with Gasteiger partial charge in [0.25, 0.3) is 5.91 Å². The Bertz CT molecular complexity index is 1280. The van der Waals surface area contributed by atoms with Gasteiger partial charge < -0.3 is 25.8 Å². The molecule has 5 amide bonds. The number of aryl methyl sites for hydroxylation is 1. The number of rotatable bonds is 4. The molecule has 0 aromatic heterocycles. The Morgan fingerprint density at radius 1 is 1.02 bits per heavy atom. The summed E-state index contributed by atoms with van der Waals surface area (Å²) in [6.07, 6.45) is 0.604. The van der Waals surface area contributed by atoms with E-state index in [9.17, 15) is 24.0 Å². The van der Waals surface area contributed by atoms with E-state index >= 15 is 0 Å². The molecule has 10 nitrogen and oxygen atoms in total. The van der Waals surface area contributed by atoms with Gasteiger partial charge in [-0.05, 0) is 55.5 Å². The van der Waals surface area contributed by atoms with Crippen LogP contribution in [0.2, 0.25) is 5.02 Å². The van der Waals surface area contributed by atoms with Crippen LogP contribution in [0.15, 0.2) is 48.5 Å². The zero-order valence-corrected chi connectivity index (χ0v) is 25.5. The molecule has 0 spiro atoms. The van der Waals surface area contributed by atoms with Crippen LogP contribution in [0.5, 0.6) is 0 Å². The van der Waals surface area contributed by atoms with Gasteiger partial charge >= 0.3 is 0 Å². The first-order valence-corrected chi connectivity index (χ1v) is 14.5. The lowest BCUT2D eigenvalue weighted by atomic mass is 10.0.